The van der Waals surface area contributed by atoms with Gasteiger partial charge in [0.2, 0.25) is 12.2 Å². The van der Waals surface area contributed by atoms with Crippen molar-refractivity contribution >= 4 is 89.1 Å². The van der Waals surface area contributed by atoms with Gasteiger partial charge in [-0.2, -0.15) is 8.42 Å². The average Bonchev–Trinajstić information content (AvgIpc) is 3.89. The van der Waals surface area contributed by atoms with E-state index in [1.54, 1.807) is 12.1 Å². The molecule has 1 atom stereocenters. The zero-order valence-corrected chi connectivity index (χ0v) is 39.5. The Bertz CT molecular complexity index is 2730. The summed E-state index contributed by atoms with van der Waals surface area (Å²) < 4.78 is 99.5. The second kappa shape index (κ2) is 25.0. The van der Waals surface area contributed by atoms with Gasteiger partial charge in [0.25, 0.3) is 5.56 Å². The SMILES string of the molecule is C.CS(=O)(=O)CCNCc1ccc(-c2ccc3nc[nH]c(=O)c3c2)o1.CS(=O)(=O)CCNCc1ccc(-c2ccc3ncnc(OC4CCCCO4)c3c2)o1.II.O=S(=O)(O)O. The molecule has 1 saturated heterocycles. The van der Waals surface area contributed by atoms with Crippen LogP contribution in [0.2, 0.25) is 0 Å². The third-order valence-corrected chi connectivity index (χ3v) is 10.3. The number of rotatable bonds is 14. The second-order valence-corrected chi connectivity index (χ2v) is 18.8. The molecule has 62 heavy (non-hydrogen) atoms. The summed E-state index contributed by atoms with van der Waals surface area (Å²) in [6.45, 7) is 2.34. The van der Waals surface area contributed by atoms with E-state index in [4.69, 9.17) is 35.8 Å². The van der Waals surface area contributed by atoms with Gasteiger partial charge >= 0.3 is 10.4 Å². The number of sulfone groups is 2. The smallest absolute Gasteiger partial charge is 0.394 e. The maximum absolute atomic E-state index is 11.8. The van der Waals surface area contributed by atoms with Gasteiger partial charge in [-0.3, -0.25) is 13.9 Å². The number of halogens is 2. The molecule has 0 saturated carbocycles. The van der Waals surface area contributed by atoms with Gasteiger partial charge in [-0.05, 0) is 73.5 Å². The molecular weight excluding hydrogens is 1100 g/mol. The quantitative estimate of drug-likeness (QED) is 0.0475. The number of hydrogen-bond acceptors (Lipinski definition) is 16. The molecule has 0 bridgehead atoms. The maximum Gasteiger partial charge on any atom is 0.394 e. The van der Waals surface area contributed by atoms with Crippen molar-refractivity contribution < 1.29 is 52.7 Å². The van der Waals surface area contributed by atoms with E-state index in [2.05, 4.69) is 67.8 Å². The molecule has 0 radical (unpaired) electrons. The van der Waals surface area contributed by atoms with E-state index in [0.29, 0.717) is 66.8 Å². The van der Waals surface area contributed by atoms with Gasteiger partial charge in [-0.1, -0.05) is 7.43 Å². The number of nitrogens with one attached hydrogen (secondary N) is 3. The molecule has 1 aliphatic heterocycles. The minimum Gasteiger partial charge on any atom is -0.460 e. The van der Waals surface area contributed by atoms with Gasteiger partial charge in [0.1, 0.15) is 49.0 Å². The van der Waals surface area contributed by atoms with Crippen molar-refractivity contribution in [3.05, 3.63) is 95.2 Å². The summed E-state index contributed by atoms with van der Waals surface area (Å²) in [7, 11) is -10.6. The highest BCUT2D eigenvalue weighted by molar-refractivity contribution is 15.0. The number of aromatic nitrogens is 4. The highest BCUT2D eigenvalue weighted by Gasteiger charge is 2.18. The summed E-state index contributed by atoms with van der Waals surface area (Å²) in [4.78, 5) is 27.1. The van der Waals surface area contributed by atoms with E-state index < -0.39 is 30.1 Å². The molecule has 5 heterocycles. The summed E-state index contributed by atoms with van der Waals surface area (Å²) >= 11 is 4.24. The number of hydrogen-bond donors (Lipinski definition) is 5. The zero-order valence-electron chi connectivity index (χ0n) is 32.8. The van der Waals surface area contributed by atoms with Crippen molar-refractivity contribution in [1.29, 1.82) is 0 Å². The lowest BCUT2D eigenvalue weighted by molar-refractivity contribution is -0.107. The maximum atomic E-state index is 11.8. The van der Waals surface area contributed by atoms with E-state index in [0.717, 1.165) is 47.1 Å². The van der Waals surface area contributed by atoms with Crippen molar-refractivity contribution in [3.63, 3.8) is 0 Å². The van der Waals surface area contributed by atoms with Gasteiger partial charge in [-0.15, -0.1) is 0 Å². The molecule has 24 heteroatoms. The number of furan rings is 2. The molecule has 0 aliphatic carbocycles. The largest absolute Gasteiger partial charge is 0.460 e. The van der Waals surface area contributed by atoms with Crippen LogP contribution in [0.15, 0.2) is 86.9 Å². The van der Waals surface area contributed by atoms with Crippen molar-refractivity contribution in [2.75, 3.05) is 43.7 Å². The first kappa shape index (κ1) is 52.7. The molecule has 19 nitrogen and oxygen atoms in total. The number of fused-ring (bicyclic) bond motifs is 2. The molecule has 0 amide bonds. The topological polar surface area (TPSA) is 283 Å². The Morgan fingerprint density at radius 1 is 0.758 bits per heavy atom. The van der Waals surface area contributed by atoms with Crippen LogP contribution in [-0.4, -0.2) is 104 Å². The van der Waals surface area contributed by atoms with Gasteiger partial charge in [0.05, 0.1) is 59.3 Å². The fourth-order valence-electron chi connectivity index (χ4n) is 5.63. The van der Waals surface area contributed by atoms with Gasteiger partial charge < -0.3 is 33.9 Å². The van der Waals surface area contributed by atoms with Crippen molar-refractivity contribution in [2.24, 2.45) is 0 Å². The fraction of sp³-hybridized carbons (Fsp3) is 0.368. The third kappa shape index (κ3) is 18.6. The first-order chi connectivity index (χ1) is 28.9. The molecule has 1 fully saturated rings. The molecule has 1 unspecified atom stereocenters. The fourth-order valence-corrected chi connectivity index (χ4v) is 6.66. The number of benzene rings is 2. The van der Waals surface area contributed by atoms with E-state index in [-0.39, 0.29) is 30.8 Å². The first-order valence-corrected chi connectivity index (χ1v) is 30.0. The lowest BCUT2D eigenvalue weighted by Gasteiger charge is -2.23. The summed E-state index contributed by atoms with van der Waals surface area (Å²) in [5, 5.41) is 7.40. The van der Waals surface area contributed by atoms with Crippen LogP contribution < -0.4 is 20.9 Å². The molecular formula is C38H48I2N6O13S3. The number of H-pyrrole nitrogens is 1. The predicted molar refractivity (Wildman–Crippen MR) is 253 cm³/mol. The Morgan fingerprint density at radius 3 is 1.77 bits per heavy atom. The van der Waals surface area contributed by atoms with Crippen LogP contribution in [0, 0.1) is 0 Å². The van der Waals surface area contributed by atoms with Crippen LogP contribution >= 0.6 is 37.2 Å². The summed E-state index contributed by atoms with van der Waals surface area (Å²) in [5.41, 5.74) is 2.87. The summed E-state index contributed by atoms with van der Waals surface area (Å²) in [6, 6.07) is 18.6. The average molecular weight is 1150 g/mol. The Labute approximate surface area is 382 Å². The molecule has 0 spiro atoms. The van der Waals surface area contributed by atoms with E-state index in [1.165, 1.54) is 25.2 Å². The molecule has 5 N–H and O–H groups in total. The van der Waals surface area contributed by atoms with Crippen LogP contribution in [0.3, 0.4) is 0 Å². The van der Waals surface area contributed by atoms with Gasteiger partial charge in [-0.25, -0.2) is 31.8 Å². The molecule has 7 rings (SSSR count). The summed E-state index contributed by atoms with van der Waals surface area (Å²) in [6.07, 6.45) is 7.99. The minimum atomic E-state index is -4.67. The Morgan fingerprint density at radius 2 is 1.27 bits per heavy atom. The number of aromatic amines is 1. The normalized spacial score (nSPS) is 14.0. The monoisotopic (exact) mass is 1150 g/mol. The second-order valence-electron chi connectivity index (χ2n) is 13.4. The van der Waals surface area contributed by atoms with Crippen LogP contribution in [0.5, 0.6) is 5.88 Å². The third-order valence-electron chi connectivity index (χ3n) is 8.41. The zero-order chi connectivity index (χ0) is 44.6. The number of ether oxygens (including phenoxy) is 2. The Kier molecular flexibility index (Phi) is 21.3. The molecule has 4 aromatic heterocycles. The Balaban J connectivity index is 0.000000288. The standard InChI is InChI=1S/C21H25N3O5S.C16H17N3O4S.CH4.I2.H2O4S/c1-30(25,26)11-9-22-13-16-6-8-19(28-16)15-5-7-18-17(12-15)21(24-14-23-18)29-20-4-2-3-10-27-20;1-24(21,22)7-6-17-9-12-3-5-15(23-12)11-2-4-14-13(8-11)16(20)19-10-18-14;;1-2;1-5(2,3)4/h5-8,12,14,20,22H,2-4,9-11,13H2,1H3;2-5,8,10,17H,6-7,9H2,1H3,(H,18,19,20);1H4;;(H2,1,2,3,4). The van der Waals surface area contributed by atoms with E-state index >= 15 is 0 Å². The van der Waals surface area contributed by atoms with Gasteiger partial charge in [0, 0.05) is 80.4 Å². The molecule has 340 valence electrons. The molecule has 1 aliphatic rings. The molecule has 6 aromatic rings. The van der Waals surface area contributed by atoms with Crippen molar-refractivity contribution in [2.45, 2.75) is 46.1 Å². The van der Waals surface area contributed by atoms with Crippen molar-refractivity contribution in [3.8, 4) is 28.5 Å². The highest BCUT2D eigenvalue weighted by atomic mass is 128. The van der Waals surface area contributed by atoms with Crippen LogP contribution in [0.4, 0.5) is 0 Å². The van der Waals surface area contributed by atoms with E-state index in [9.17, 15) is 21.6 Å². The lowest BCUT2D eigenvalue weighted by atomic mass is 10.1. The van der Waals surface area contributed by atoms with E-state index in [1.807, 2.05) is 48.5 Å². The molecule has 2 aromatic carbocycles. The van der Waals surface area contributed by atoms with Crippen LogP contribution in [-0.2, 0) is 47.9 Å². The minimum absolute atomic E-state index is 0. The highest BCUT2D eigenvalue weighted by Crippen LogP contribution is 2.31. The summed E-state index contributed by atoms with van der Waals surface area (Å²) in [5.74, 6) is 3.46. The van der Waals surface area contributed by atoms with Crippen molar-refractivity contribution in [1.82, 2.24) is 30.6 Å². The predicted octanol–water partition coefficient (Wildman–Crippen LogP) is 6.00. The Hall–Kier alpha value is -3.61. The van der Waals surface area contributed by atoms with Gasteiger partial charge in [0.15, 0.2) is 0 Å². The van der Waals surface area contributed by atoms with Crippen LogP contribution in [0.1, 0.15) is 38.2 Å². The number of nitrogens with zero attached hydrogens (tertiary/aromatic N) is 3. The first-order valence-electron chi connectivity index (χ1n) is 18.2. The van der Waals surface area contributed by atoms with Crippen LogP contribution in [0.25, 0.3) is 44.5 Å². The lowest BCUT2D eigenvalue weighted by Crippen LogP contribution is -2.25.